The molecule has 2 aromatic heterocycles. The molecule has 0 spiro atoms. The first-order valence-corrected chi connectivity index (χ1v) is 13.5. The lowest BCUT2D eigenvalue weighted by atomic mass is 9.91. The Labute approximate surface area is 227 Å². The highest BCUT2D eigenvalue weighted by Gasteiger charge is 2.28. The zero-order valence-electron chi connectivity index (χ0n) is 22.6. The number of hydrogen-bond donors (Lipinski definition) is 3. The lowest BCUT2D eigenvalue weighted by molar-refractivity contribution is -0.125. The molecular formula is C29H35N5O5. The second kappa shape index (κ2) is 11.5. The summed E-state index contributed by atoms with van der Waals surface area (Å²) in [7, 11) is 1.50. The minimum absolute atomic E-state index is 0.00779. The van der Waals surface area contributed by atoms with Crippen LogP contribution in [-0.4, -0.2) is 65.0 Å². The minimum atomic E-state index is -0.196. The topological polar surface area (TPSA) is 135 Å². The number of fused-ring (bicyclic) bond motifs is 1. The summed E-state index contributed by atoms with van der Waals surface area (Å²) in [6, 6.07) is 5.48. The van der Waals surface area contributed by atoms with E-state index in [-0.39, 0.29) is 36.3 Å². The number of ether oxygens (including phenoxy) is 2. The molecule has 2 heterocycles. The van der Waals surface area contributed by atoms with Crippen molar-refractivity contribution in [2.24, 2.45) is 5.92 Å². The first kappa shape index (κ1) is 26.8. The zero-order valence-corrected chi connectivity index (χ0v) is 22.6. The standard InChI is InChI=1S/C29H35N5O5/c1-16-25(29(37)34-21-9-7-20(8-10-21)33-24(36)14-38-3)27-28(32-16)26(30-15-31-27)22-12-19(17(2)35)6-11-23(22)39-13-18-4-5-18/h6,11-12,15,18,20-21,32H,4-5,7-10,13-14H2,1-3H3,(H,33,36)(H,34,37). The Morgan fingerprint density at radius 1 is 1.03 bits per heavy atom. The van der Waals surface area contributed by atoms with Gasteiger partial charge in [-0.15, -0.1) is 0 Å². The van der Waals surface area contributed by atoms with Gasteiger partial charge in [0, 0.05) is 36.0 Å². The number of nitrogens with zero attached hydrogens (tertiary/aromatic N) is 2. The maximum absolute atomic E-state index is 13.4. The summed E-state index contributed by atoms with van der Waals surface area (Å²) in [5.41, 5.74) is 4.16. The van der Waals surface area contributed by atoms with E-state index in [1.54, 1.807) is 12.1 Å². The van der Waals surface area contributed by atoms with Crippen LogP contribution in [0.4, 0.5) is 0 Å². The van der Waals surface area contributed by atoms with Gasteiger partial charge in [-0.2, -0.15) is 0 Å². The van der Waals surface area contributed by atoms with Crippen molar-refractivity contribution in [3.8, 4) is 17.0 Å². The Morgan fingerprint density at radius 2 is 1.74 bits per heavy atom. The Bertz CT molecular complexity index is 1390. The van der Waals surface area contributed by atoms with E-state index < -0.39 is 0 Å². The van der Waals surface area contributed by atoms with E-state index in [1.807, 2.05) is 13.0 Å². The summed E-state index contributed by atoms with van der Waals surface area (Å²) in [5, 5.41) is 6.14. The van der Waals surface area contributed by atoms with Gasteiger partial charge in [0.15, 0.2) is 5.78 Å². The van der Waals surface area contributed by atoms with Crippen molar-refractivity contribution in [1.29, 1.82) is 0 Å². The summed E-state index contributed by atoms with van der Waals surface area (Å²) in [6.45, 7) is 4.05. The number of methoxy groups -OCH3 is 1. The number of benzene rings is 1. The van der Waals surface area contributed by atoms with Crippen molar-refractivity contribution in [2.45, 2.75) is 64.5 Å². The largest absolute Gasteiger partial charge is 0.493 e. The fourth-order valence-electron chi connectivity index (χ4n) is 5.20. The predicted octanol–water partition coefficient (Wildman–Crippen LogP) is 3.73. The Kier molecular flexibility index (Phi) is 7.92. The van der Waals surface area contributed by atoms with Gasteiger partial charge in [-0.05, 0) is 76.5 Å². The molecule has 206 valence electrons. The van der Waals surface area contributed by atoms with Crippen molar-refractivity contribution in [2.75, 3.05) is 20.3 Å². The van der Waals surface area contributed by atoms with Crippen LogP contribution in [0.1, 0.15) is 71.9 Å². The van der Waals surface area contributed by atoms with E-state index in [1.165, 1.54) is 20.4 Å². The molecule has 2 aliphatic carbocycles. The molecule has 10 heteroatoms. The summed E-state index contributed by atoms with van der Waals surface area (Å²) >= 11 is 0. The second-order valence-electron chi connectivity index (χ2n) is 10.6. The van der Waals surface area contributed by atoms with E-state index in [2.05, 4.69) is 25.6 Å². The van der Waals surface area contributed by atoms with Crippen molar-refractivity contribution in [1.82, 2.24) is 25.6 Å². The van der Waals surface area contributed by atoms with Crippen molar-refractivity contribution < 1.29 is 23.9 Å². The van der Waals surface area contributed by atoms with E-state index >= 15 is 0 Å². The van der Waals surface area contributed by atoms with Crippen LogP contribution in [0.2, 0.25) is 0 Å². The monoisotopic (exact) mass is 533 g/mol. The van der Waals surface area contributed by atoms with Crippen LogP contribution in [-0.2, 0) is 9.53 Å². The molecule has 1 aromatic carbocycles. The van der Waals surface area contributed by atoms with Crippen LogP contribution in [0.25, 0.3) is 22.3 Å². The Balaban J connectivity index is 1.37. The quantitative estimate of drug-likeness (QED) is 0.338. The number of amides is 2. The molecular weight excluding hydrogens is 498 g/mol. The number of hydrogen-bond acceptors (Lipinski definition) is 7. The lowest BCUT2D eigenvalue weighted by Crippen LogP contribution is -2.44. The molecule has 2 aliphatic rings. The number of rotatable bonds is 10. The number of carbonyl (C=O) groups is 3. The first-order chi connectivity index (χ1) is 18.8. The first-order valence-electron chi connectivity index (χ1n) is 13.5. The number of carbonyl (C=O) groups excluding carboxylic acids is 3. The third kappa shape index (κ3) is 6.11. The highest BCUT2D eigenvalue weighted by Crippen LogP contribution is 2.37. The normalized spacial score (nSPS) is 19.1. The Hall–Kier alpha value is -3.79. The molecule has 2 fully saturated rings. The molecule has 3 N–H and O–H groups in total. The highest BCUT2D eigenvalue weighted by molar-refractivity contribution is 6.09. The molecule has 0 saturated heterocycles. The number of ketones is 1. The van der Waals surface area contributed by atoms with Gasteiger partial charge >= 0.3 is 0 Å². The molecule has 0 radical (unpaired) electrons. The fraction of sp³-hybridized carbons (Fsp3) is 0.483. The van der Waals surface area contributed by atoms with Crippen molar-refractivity contribution in [3.05, 3.63) is 41.3 Å². The molecule has 2 amide bonds. The van der Waals surface area contributed by atoms with Crippen LogP contribution >= 0.6 is 0 Å². The van der Waals surface area contributed by atoms with E-state index in [4.69, 9.17) is 9.47 Å². The molecule has 5 rings (SSSR count). The van der Waals surface area contributed by atoms with Crippen LogP contribution in [0.15, 0.2) is 24.5 Å². The Morgan fingerprint density at radius 3 is 2.41 bits per heavy atom. The van der Waals surface area contributed by atoms with Gasteiger partial charge in [-0.25, -0.2) is 9.97 Å². The van der Waals surface area contributed by atoms with Crippen molar-refractivity contribution >= 4 is 28.6 Å². The van der Waals surface area contributed by atoms with E-state index in [0.717, 1.165) is 38.5 Å². The SMILES string of the molecule is COCC(=O)NC1CCC(NC(=O)c2c(C)[nH]c3c(-c4cc(C(C)=O)ccc4OCC4CC4)ncnc23)CC1. The molecule has 0 unspecified atom stereocenters. The smallest absolute Gasteiger partial charge is 0.255 e. The van der Waals surface area contributed by atoms with Crippen LogP contribution in [0.3, 0.4) is 0 Å². The third-order valence-electron chi connectivity index (χ3n) is 7.51. The van der Waals surface area contributed by atoms with Gasteiger partial charge in [-0.1, -0.05) is 0 Å². The van der Waals surface area contributed by atoms with E-state index in [9.17, 15) is 14.4 Å². The highest BCUT2D eigenvalue weighted by atomic mass is 16.5. The van der Waals surface area contributed by atoms with Gasteiger partial charge in [-0.3, -0.25) is 14.4 Å². The van der Waals surface area contributed by atoms with Gasteiger partial charge in [0.25, 0.3) is 5.91 Å². The summed E-state index contributed by atoms with van der Waals surface area (Å²) in [4.78, 5) is 49.8. The number of Topliss-reactive ketones (excluding diaryl/α,β-unsaturated/α-hetero) is 1. The van der Waals surface area contributed by atoms with Gasteiger partial charge in [0.1, 0.15) is 29.9 Å². The molecule has 0 aliphatic heterocycles. The van der Waals surface area contributed by atoms with Crippen molar-refractivity contribution in [3.63, 3.8) is 0 Å². The van der Waals surface area contributed by atoms with Gasteiger partial charge in [0.05, 0.1) is 17.7 Å². The third-order valence-corrected chi connectivity index (χ3v) is 7.51. The molecule has 3 aromatic rings. The second-order valence-corrected chi connectivity index (χ2v) is 10.6. The summed E-state index contributed by atoms with van der Waals surface area (Å²) in [5.74, 6) is 0.851. The number of aromatic nitrogens is 3. The average Bonchev–Trinajstić information content (AvgIpc) is 3.68. The van der Waals surface area contributed by atoms with Gasteiger partial charge in [0.2, 0.25) is 5.91 Å². The zero-order chi connectivity index (χ0) is 27.5. The van der Waals surface area contributed by atoms with E-state index in [0.29, 0.717) is 57.4 Å². The van der Waals surface area contributed by atoms with Crippen LogP contribution < -0.4 is 15.4 Å². The molecule has 0 bridgehead atoms. The maximum Gasteiger partial charge on any atom is 0.255 e. The average molecular weight is 534 g/mol. The van der Waals surface area contributed by atoms with Crippen LogP contribution in [0, 0.1) is 12.8 Å². The molecule has 39 heavy (non-hydrogen) atoms. The minimum Gasteiger partial charge on any atom is -0.493 e. The fourth-order valence-corrected chi connectivity index (χ4v) is 5.20. The number of aryl methyl sites for hydroxylation is 1. The predicted molar refractivity (Wildman–Crippen MR) is 146 cm³/mol. The molecule has 0 atom stereocenters. The van der Waals surface area contributed by atoms with Gasteiger partial charge < -0.3 is 25.1 Å². The number of H-pyrrole nitrogens is 1. The molecule has 2 saturated carbocycles. The number of aromatic amines is 1. The van der Waals surface area contributed by atoms with Crippen LogP contribution in [0.5, 0.6) is 5.75 Å². The lowest BCUT2D eigenvalue weighted by Gasteiger charge is -2.29. The summed E-state index contributed by atoms with van der Waals surface area (Å²) < 4.78 is 11.0. The molecule has 10 nitrogen and oxygen atoms in total. The summed E-state index contributed by atoms with van der Waals surface area (Å²) in [6.07, 6.45) is 6.88. The number of nitrogens with one attached hydrogen (secondary N) is 3. The maximum atomic E-state index is 13.4.